The van der Waals surface area contributed by atoms with Crippen LogP contribution in [0.3, 0.4) is 0 Å². The first-order valence-electron chi connectivity index (χ1n) is 5.76. The highest BCUT2D eigenvalue weighted by atomic mass is 14.8. The average molecular weight is 222 g/mol. The largest absolute Gasteiger partial charge is 0.387 e. The van der Waals surface area contributed by atoms with E-state index in [-0.39, 0.29) is 0 Å². The zero-order valence-electron chi connectivity index (χ0n) is 9.77. The highest BCUT2D eigenvalue weighted by Crippen LogP contribution is 2.37. The Morgan fingerprint density at radius 3 is 2.65 bits per heavy atom. The zero-order chi connectivity index (χ0) is 11.8. The van der Waals surface area contributed by atoms with Crippen LogP contribution in [0.5, 0.6) is 0 Å². The fourth-order valence-electron chi connectivity index (χ4n) is 2.40. The minimum absolute atomic E-state index is 0.598. The van der Waals surface area contributed by atoms with Crippen molar-refractivity contribution in [2.75, 3.05) is 0 Å². The van der Waals surface area contributed by atoms with E-state index in [1.54, 1.807) is 0 Å². The molecule has 2 heteroatoms. The maximum atomic E-state index is 5.60. The van der Waals surface area contributed by atoms with Gasteiger partial charge in [0, 0.05) is 0 Å². The molecule has 2 nitrogen and oxygen atoms in total. The molecule has 0 unspecified atom stereocenters. The van der Waals surface area contributed by atoms with Crippen LogP contribution < -0.4 is 5.73 Å². The quantitative estimate of drug-likeness (QED) is 0.498. The molecule has 2 N–H and O–H groups in total. The van der Waals surface area contributed by atoms with Gasteiger partial charge < -0.3 is 5.73 Å². The lowest BCUT2D eigenvalue weighted by atomic mass is 10.1. The second kappa shape index (κ2) is 3.74. The summed E-state index contributed by atoms with van der Waals surface area (Å²) in [4.78, 5) is 4.29. The van der Waals surface area contributed by atoms with E-state index in [0.717, 1.165) is 12.1 Å². The van der Waals surface area contributed by atoms with Crippen LogP contribution in [0.15, 0.2) is 47.5 Å². The van der Waals surface area contributed by atoms with Crippen molar-refractivity contribution in [3.05, 3.63) is 53.6 Å². The third-order valence-electron chi connectivity index (χ3n) is 3.08. The van der Waals surface area contributed by atoms with Crippen LogP contribution in [-0.4, -0.2) is 5.84 Å². The summed E-state index contributed by atoms with van der Waals surface area (Å²) < 4.78 is 0. The van der Waals surface area contributed by atoms with Crippen LogP contribution in [0.25, 0.3) is 11.1 Å². The van der Waals surface area contributed by atoms with E-state index in [1.807, 2.05) is 13.0 Å². The molecule has 84 valence electrons. The van der Waals surface area contributed by atoms with Gasteiger partial charge in [0.1, 0.15) is 0 Å². The second-order valence-corrected chi connectivity index (χ2v) is 4.43. The Morgan fingerprint density at radius 1 is 1.06 bits per heavy atom. The summed E-state index contributed by atoms with van der Waals surface area (Å²) in [6.07, 6.45) is 0.998. The first-order chi connectivity index (χ1) is 8.24. The molecule has 0 fully saturated rings. The van der Waals surface area contributed by atoms with Crippen LogP contribution >= 0.6 is 0 Å². The minimum Gasteiger partial charge on any atom is -0.387 e. The van der Waals surface area contributed by atoms with Gasteiger partial charge in [0.25, 0.3) is 0 Å². The van der Waals surface area contributed by atoms with Crippen LogP contribution in [-0.2, 0) is 6.42 Å². The van der Waals surface area contributed by atoms with Crippen molar-refractivity contribution in [2.45, 2.75) is 13.3 Å². The molecule has 0 atom stereocenters. The normalized spacial score (nSPS) is 13.4. The van der Waals surface area contributed by atoms with Crippen LogP contribution in [0.2, 0.25) is 0 Å². The van der Waals surface area contributed by atoms with Crippen molar-refractivity contribution >= 4 is 11.5 Å². The number of rotatable bonds is 1. The number of nitrogens with two attached hydrogens (primary N) is 1. The molecule has 17 heavy (non-hydrogen) atoms. The van der Waals surface area contributed by atoms with Crippen molar-refractivity contribution in [2.24, 2.45) is 10.7 Å². The van der Waals surface area contributed by atoms with Crippen molar-refractivity contribution in [1.29, 1.82) is 0 Å². The van der Waals surface area contributed by atoms with Gasteiger partial charge in [-0.3, -0.25) is 0 Å². The van der Waals surface area contributed by atoms with Crippen LogP contribution in [0.4, 0.5) is 5.69 Å². The summed E-state index contributed by atoms with van der Waals surface area (Å²) in [6.45, 7) is 1.81. The SMILES string of the molecule is CC(N)=Nc1ccc2c(c1)Cc1ccccc1-2. The average Bonchev–Trinajstić information content (AvgIpc) is 2.65. The van der Waals surface area contributed by atoms with E-state index >= 15 is 0 Å². The molecular formula is C15H14N2. The summed E-state index contributed by atoms with van der Waals surface area (Å²) in [5.41, 5.74) is 12.0. The molecule has 0 aromatic heterocycles. The number of benzene rings is 2. The minimum atomic E-state index is 0.598. The van der Waals surface area contributed by atoms with E-state index in [0.29, 0.717) is 5.84 Å². The number of amidine groups is 1. The van der Waals surface area contributed by atoms with Gasteiger partial charge in [0.2, 0.25) is 0 Å². The molecule has 0 bridgehead atoms. The van der Waals surface area contributed by atoms with Gasteiger partial charge in [-0.15, -0.1) is 0 Å². The predicted octanol–water partition coefficient (Wildman–Crippen LogP) is 3.27. The molecule has 0 heterocycles. The molecule has 0 aliphatic heterocycles. The smallest absolute Gasteiger partial charge is 0.0964 e. The monoisotopic (exact) mass is 222 g/mol. The molecule has 0 spiro atoms. The molecule has 2 aromatic rings. The number of hydrogen-bond acceptors (Lipinski definition) is 1. The third-order valence-corrected chi connectivity index (χ3v) is 3.08. The zero-order valence-corrected chi connectivity index (χ0v) is 9.77. The topological polar surface area (TPSA) is 38.4 Å². The summed E-state index contributed by atoms with van der Waals surface area (Å²) in [5.74, 6) is 0.598. The standard InChI is InChI=1S/C15H14N2/c1-10(16)17-13-6-7-15-12(9-13)8-11-4-2-3-5-14(11)15/h2-7,9H,8H2,1H3,(H2,16,17). The molecule has 1 aliphatic carbocycles. The van der Waals surface area contributed by atoms with Gasteiger partial charge in [0.15, 0.2) is 0 Å². The van der Waals surface area contributed by atoms with Crippen molar-refractivity contribution in [3.8, 4) is 11.1 Å². The lowest BCUT2D eigenvalue weighted by Crippen LogP contribution is -2.03. The Kier molecular flexibility index (Phi) is 2.22. The molecule has 1 aliphatic rings. The lowest BCUT2D eigenvalue weighted by molar-refractivity contribution is 1.26. The number of nitrogens with zero attached hydrogens (tertiary/aromatic N) is 1. The van der Waals surface area contributed by atoms with Crippen molar-refractivity contribution < 1.29 is 0 Å². The first-order valence-corrected chi connectivity index (χ1v) is 5.76. The number of aliphatic imine (C=N–C) groups is 1. The van der Waals surface area contributed by atoms with Crippen molar-refractivity contribution in [3.63, 3.8) is 0 Å². The molecule has 0 amide bonds. The second-order valence-electron chi connectivity index (χ2n) is 4.43. The molecule has 0 saturated carbocycles. The summed E-state index contributed by atoms with van der Waals surface area (Å²) >= 11 is 0. The molecule has 0 saturated heterocycles. The first kappa shape index (κ1) is 10.1. The van der Waals surface area contributed by atoms with Gasteiger partial charge in [-0.05, 0) is 47.7 Å². The highest BCUT2D eigenvalue weighted by Gasteiger charge is 2.17. The maximum Gasteiger partial charge on any atom is 0.0964 e. The fourth-order valence-corrected chi connectivity index (χ4v) is 2.40. The van der Waals surface area contributed by atoms with E-state index in [2.05, 4.69) is 41.4 Å². The fraction of sp³-hybridized carbons (Fsp3) is 0.133. The summed E-state index contributed by atoms with van der Waals surface area (Å²) in [5, 5.41) is 0. The summed E-state index contributed by atoms with van der Waals surface area (Å²) in [6, 6.07) is 14.8. The van der Waals surface area contributed by atoms with Gasteiger partial charge >= 0.3 is 0 Å². The Labute approximate surface area is 101 Å². The molecule has 0 radical (unpaired) electrons. The van der Waals surface area contributed by atoms with Gasteiger partial charge in [-0.1, -0.05) is 30.3 Å². The highest BCUT2D eigenvalue weighted by molar-refractivity contribution is 5.82. The molecule has 3 rings (SSSR count). The Morgan fingerprint density at radius 2 is 1.82 bits per heavy atom. The lowest BCUT2D eigenvalue weighted by Gasteiger charge is -2.02. The van der Waals surface area contributed by atoms with Crippen molar-refractivity contribution in [1.82, 2.24) is 0 Å². The van der Waals surface area contributed by atoms with E-state index in [9.17, 15) is 0 Å². The Balaban J connectivity index is 2.10. The summed E-state index contributed by atoms with van der Waals surface area (Å²) in [7, 11) is 0. The third kappa shape index (κ3) is 1.72. The number of hydrogen-bond donors (Lipinski definition) is 1. The van der Waals surface area contributed by atoms with Gasteiger partial charge in [-0.2, -0.15) is 0 Å². The van der Waals surface area contributed by atoms with E-state index in [1.165, 1.54) is 22.3 Å². The van der Waals surface area contributed by atoms with Gasteiger partial charge in [0.05, 0.1) is 11.5 Å². The molecule has 2 aromatic carbocycles. The van der Waals surface area contributed by atoms with Crippen LogP contribution in [0.1, 0.15) is 18.1 Å². The Bertz CT molecular complexity index is 608. The van der Waals surface area contributed by atoms with E-state index in [4.69, 9.17) is 5.73 Å². The maximum absolute atomic E-state index is 5.60. The van der Waals surface area contributed by atoms with Gasteiger partial charge in [-0.25, -0.2) is 4.99 Å². The predicted molar refractivity (Wildman–Crippen MR) is 71.6 cm³/mol. The molecular weight excluding hydrogens is 208 g/mol. The van der Waals surface area contributed by atoms with E-state index < -0.39 is 0 Å². The Hall–Kier alpha value is -2.09. The van der Waals surface area contributed by atoms with Crippen LogP contribution in [0, 0.1) is 0 Å². The number of fused-ring (bicyclic) bond motifs is 3.